The molecular weight excluding hydrogens is 268 g/mol. The summed E-state index contributed by atoms with van der Waals surface area (Å²) in [5.74, 6) is 1.86. The average molecular weight is 288 g/mol. The Morgan fingerprint density at radius 2 is 1.95 bits per heavy atom. The van der Waals surface area contributed by atoms with Gasteiger partial charge in [0, 0.05) is 13.6 Å². The maximum Gasteiger partial charge on any atom is 0.169 e. The summed E-state index contributed by atoms with van der Waals surface area (Å²) in [6, 6.07) is 14.3. The fraction of sp³-hybridized carbons (Fsp3) is 0.312. The molecule has 3 nitrogen and oxygen atoms in total. The number of nitrogens with one attached hydrogen (secondary N) is 1. The van der Waals surface area contributed by atoms with E-state index in [0.717, 1.165) is 29.6 Å². The Kier molecular flexibility index (Phi) is 5.18. The van der Waals surface area contributed by atoms with Gasteiger partial charge in [-0.2, -0.15) is 0 Å². The van der Waals surface area contributed by atoms with Crippen molar-refractivity contribution < 1.29 is 4.42 Å². The molecule has 2 aromatic rings. The van der Waals surface area contributed by atoms with Gasteiger partial charge in [-0.05, 0) is 43.3 Å². The molecule has 0 spiro atoms. The molecule has 0 amide bonds. The molecule has 0 aliphatic carbocycles. The summed E-state index contributed by atoms with van der Waals surface area (Å²) in [6.45, 7) is 3.47. The Hall–Kier alpha value is -1.81. The molecule has 20 heavy (non-hydrogen) atoms. The molecule has 0 unspecified atom stereocenters. The van der Waals surface area contributed by atoms with E-state index in [1.165, 1.54) is 5.56 Å². The van der Waals surface area contributed by atoms with Crippen molar-refractivity contribution in [2.45, 2.75) is 19.9 Å². The van der Waals surface area contributed by atoms with Crippen LogP contribution < -0.4 is 5.32 Å². The maximum absolute atomic E-state index is 5.55. The van der Waals surface area contributed by atoms with Crippen molar-refractivity contribution in [3.8, 4) is 0 Å². The van der Waals surface area contributed by atoms with Crippen LogP contribution in [0.4, 0.5) is 0 Å². The third-order valence-corrected chi connectivity index (χ3v) is 3.52. The van der Waals surface area contributed by atoms with Crippen LogP contribution in [0.15, 0.2) is 46.9 Å². The molecule has 1 aromatic carbocycles. The molecule has 0 atom stereocenters. The molecule has 0 saturated heterocycles. The van der Waals surface area contributed by atoms with Crippen molar-refractivity contribution in [3.63, 3.8) is 0 Å². The van der Waals surface area contributed by atoms with Gasteiger partial charge in [0.25, 0.3) is 0 Å². The minimum absolute atomic E-state index is 0.686. The van der Waals surface area contributed by atoms with Crippen LogP contribution in [0.3, 0.4) is 0 Å². The summed E-state index contributed by atoms with van der Waals surface area (Å²) in [5.41, 5.74) is 1.31. The van der Waals surface area contributed by atoms with Gasteiger partial charge in [0.1, 0.15) is 11.5 Å². The highest BCUT2D eigenvalue weighted by atomic mass is 32.1. The highest BCUT2D eigenvalue weighted by molar-refractivity contribution is 7.80. The highest BCUT2D eigenvalue weighted by Gasteiger charge is 2.07. The summed E-state index contributed by atoms with van der Waals surface area (Å²) in [6.07, 6.45) is 0.967. The van der Waals surface area contributed by atoms with E-state index in [2.05, 4.69) is 29.6 Å². The third-order valence-electron chi connectivity index (χ3n) is 3.07. The van der Waals surface area contributed by atoms with Crippen molar-refractivity contribution in [1.29, 1.82) is 0 Å². The van der Waals surface area contributed by atoms with Crippen molar-refractivity contribution in [1.82, 2.24) is 10.2 Å². The van der Waals surface area contributed by atoms with E-state index < -0.39 is 0 Å². The van der Waals surface area contributed by atoms with Gasteiger partial charge < -0.3 is 14.6 Å². The van der Waals surface area contributed by atoms with Crippen LogP contribution >= 0.6 is 12.2 Å². The fourth-order valence-electron chi connectivity index (χ4n) is 1.97. The first-order chi connectivity index (χ1) is 9.65. The molecule has 0 bridgehead atoms. The molecular formula is C16H20N2OS. The second-order valence-electron chi connectivity index (χ2n) is 4.84. The molecule has 1 aromatic heterocycles. The van der Waals surface area contributed by atoms with Gasteiger partial charge in [-0.1, -0.05) is 30.3 Å². The van der Waals surface area contributed by atoms with Crippen molar-refractivity contribution >= 4 is 17.3 Å². The van der Waals surface area contributed by atoms with E-state index in [4.69, 9.17) is 16.6 Å². The standard InChI is InChI=1S/C16H20N2OS/c1-13-8-9-15(19-13)12-18(2)16(20)17-11-10-14-6-4-3-5-7-14/h3-9H,10-12H2,1-2H3,(H,17,20). The molecule has 0 radical (unpaired) electrons. The molecule has 1 N–H and O–H groups in total. The van der Waals surface area contributed by atoms with E-state index >= 15 is 0 Å². The predicted octanol–water partition coefficient (Wildman–Crippen LogP) is 3.14. The van der Waals surface area contributed by atoms with Crippen LogP contribution in [-0.4, -0.2) is 23.6 Å². The van der Waals surface area contributed by atoms with Gasteiger partial charge in [-0.25, -0.2) is 0 Å². The molecule has 0 aliphatic heterocycles. The van der Waals surface area contributed by atoms with Crippen molar-refractivity contribution in [2.24, 2.45) is 0 Å². The zero-order valence-corrected chi connectivity index (χ0v) is 12.7. The Morgan fingerprint density at radius 1 is 1.20 bits per heavy atom. The third kappa shape index (κ3) is 4.38. The number of thiocarbonyl (C=S) groups is 1. The normalized spacial score (nSPS) is 10.3. The Bertz CT molecular complexity index is 551. The summed E-state index contributed by atoms with van der Waals surface area (Å²) < 4.78 is 5.55. The quantitative estimate of drug-likeness (QED) is 0.856. The summed E-state index contributed by atoms with van der Waals surface area (Å²) >= 11 is 5.37. The second kappa shape index (κ2) is 7.10. The first-order valence-electron chi connectivity index (χ1n) is 6.73. The Labute approximate surface area is 125 Å². The Morgan fingerprint density at radius 3 is 2.60 bits per heavy atom. The van der Waals surface area contributed by atoms with Crippen LogP contribution in [0.2, 0.25) is 0 Å². The monoisotopic (exact) mass is 288 g/mol. The van der Waals surface area contributed by atoms with Gasteiger partial charge in [0.2, 0.25) is 0 Å². The molecule has 4 heteroatoms. The van der Waals surface area contributed by atoms with E-state index in [1.54, 1.807) is 0 Å². The zero-order valence-electron chi connectivity index (χ0n) is 11.9. The number of benzene rings is 1. The lowest BCUT2D eigenvalue weighted by Gasteiger charge is -2.19. The van der Waals surface area contributed by atoms with Crippen LogP contribution in [0.25, 0.3) is 0 Å². The largest absolute Gasteiger partial charge is 0.464 e. The maximum atomic E-state index is 5.55. The molecule has 1 heterocycles. The minimum atomic E-state index is 0.686. The lowest BCUT2D eigenvalue weighted by Crippen LogP contribution is -2.37. The Balaban J connectivity index is 1.74. The number of nitrogens with zero attached hydrogens (tertiary/aromatic N) is 1. The van der Waals surface area contributed by atoms with Gasteiger partial charge in [-0.3, -0.25) is 0 Å². The number of rotatable bonds is 5. The van der Waals surface area contributed by atoms with Crippen LogP contribution in [-0.2, 0) is 13.0 Å². The molecule has 106 valence electrons. The van der Waals surface area contributed by atoms with Gasteiger partial charge in [0.05, 0.1) is 6.54 Å². The van der Waals surface area contributed by atoms with Crippen LogP contribution in [0, 0.1) is 6.92 Å². The molecule has 0 fully saturated rings. The number of aryl methyl sites for hydroxylation is 1. The number of hydrogen-bond acceptors (Lipinski definition) is 2. The first-order valence-corrected chi connectivity index (χ1v) is 7.14. The molecule has 0 saturated carbocycles. The zero-order chi connectivity index (χ0) is 14.4. The highest BCUT2D eigenvalue weighted by Crippen LogP contribution is 2.08. The van der Waals surface area contributed by atoms with E-state index in [0.29, 0.717) is 6.54 Å². The van der Waals surface area contributed by atoms with E-state index in [1.807, 2.05) is 37.1 Å². The molecule has 0 aliphatic rings. The minimum Gasteiger partial charge on any atom is -0.464 e. The topological polar surface area (TPSA) is 28.4 Å². The average Bonchev–Trinajstić information content (AvgIpc) is 2.85. The summed E-state index contributed by atoms with van der Waals surface area (Å²) in [7, 11) is 1.97. The first kappa shape index (κ1) is 14.6. The van der Waals surface area contributed by atoms with Gasteiger partial charge in [0.15, 0.2) is 5.11 Å². The fourth-order valence-corrected chi connectivity index (χ4v) is 2.14. The smallest absolute Gasteiger partial charge is 0.169 e. The number of furan rings is 1. The lowest BCUT2D eigenvalue weighted by atomic mass is 10.1. The van der Waals surface area contributed by atoms with Crippen LogP contribution in [0.1, 0.15) is 17.1 Å². The van der Waals surface area contributed by atoms with E-state index in [9.17, 15) is 0 Å². The van der Waals surface area contributed by atoms with Crippen molar-refractivity contribution in [3.05, 3.63) is 59.5 Å². The van der Waals surface area contributed by atoms with E-state index in [-0.39, 0.29) is 0 Å². The lowest BCUT2D eigenvalue weighted by molar-refractivity contribution is 0.396. The molecule has 2 rings (SSSR count). The van der Waals surface area contributed by atoms with Crippen LogP contribution in [0.5, 0.6) is 0 Å². The second-order valence-corrected chi connectivity index (χ2v) is 5.22. The van der Waals surface area contributed by atoms with Gasteiger partial charge in [-0.15, -0.1) is 0 Å². The predicted molar refractivity (Wildman–Crippen MR) is 85.7 cm³/mol. The van der Waals surface area contributed by atoms with Crippen molar-refractivity contribution in [2.75, 3.05) is 13.6 Å². The summed E-state index contributed by atoms with van der Waals surface area (Å²) in [5, 5.41) is 4.02. The number of hydrogen-bond donors (Lipinski definition) is 1. The summed E-state index contributed by atoms with van der Waals surface area (Å²) in [4.78, 5) is 1.98. The van der Waals surface area contributed by atoms with Gasteiger partial charge >= 0.3 is 0 Å². The SMILES string of the molecule is Cc1ccc(CN(C)C(=S)NCCc2ccccc2)o1.